The molecule has 2 aromatic rings. The number of hydrogen-bond donors (Lipinski definition) is 1. The van der Waals surface area contributed by atoms with Gasteiger partial charge in [0.1, 0.15) is 11.4 Å². The van der Waals surface area contributed by atoms with Crippen molar-refractivity contribution in [2.45, 2.75) is 50.9 Å². The van der Waals surface area contributed by atoms with Crippen molar-refractivity contribution in [3.8, 4) is 0 Å². The van der Waals surface area contributed by atoms with Crippen LogP contribution in [0.3, 0.4) is 0 Å². The minimum atomic E-state index is -0.514. The summed E-state index contributed by atoms with van der Waals surface area (Å²) < 4.78 is 11.9. The number of thioether (sulfide) groups is 1. The zero-order valence-corrected chi connectivity index (χ0v) is 18.4. The Labute approximate surface area is 177 Å². The van der Waals surface area contributed by atoms with Gasteiger partial charge in [0.05, 0.1) is 30.9 Å². The number of carbonyl (C=O) groups is 2. The number of hydrogen-bond acceptors (Lipinski definition) is 8. The highest BCUT2D eigenvalue weighted by Crippen LogP contribution is 2.30. The maximum absolute atomic E-state index is 13.3. The zero-order chi connectivity index (χ0) is 21.0. The van der Waals surface area contributed by atoms with Crippen LogP contribution < -0.4 is 10.9 Å². The summed E-state index contributed by atoms with van der Waals surface area (Å²) in [7, 11) is 1.26. The fourth-order valence-electron chi connectivity index (χ4n) is 3.34. The van der Waals surface area contributed by atoms with E-state index in [0.717, 1.165) is 29.7 Å². The summed E-state index contributed by atoms with van der Waals surface area (Å²) in [6.07, 6.45) is 2.62. The molecule has 2 aromatic heterocycles. The summed E-state index contributed by atoms with van der Waals surface area (Å²) in [5.41, 5.74) is 0.958. The van der Waals surface area contributed by atoms with E-state index in [2.05, 4.69) is 10.1 Å². The van der Waals surface area contributed by atoms with Gasteiger partial charge in [-0.3, -0.25) is 19.0 Å². The van der Waals surface area contributed by atoms with E-state index < -0.39 is 5.97 Å². The number of thiophene rings is 1. The van der Waals surface area contributed by atoms with Gasteiger partial charge in [-0.15, -0.1) is 11.3 Å². The van der Waals surface area contributed by atoms with Crippen molar-refractivity contribution in [1.82, 2.24) is 14.9 Å². The van der Waals surface area contributed by atoms with Crippen LogP contribution in [0, 0.1) is 6.92 Å². The molecule has 1 saturated heterocycles. The topological polar surface area (TPSA) is 99.5 Å². The van der Waals surface area contributed by atoms with Gasteiger partial charge in [-0.25, -0.2) is 4.98 Å². The fraction of sp³-hybridized carbons (Fsp3) is 0.579. The van der Waals surface area contributed by atoms with Gasteiger partial charge in [-0.2, -0.15) is 0 Å². The van der Waals surface area contributed by atoms with E-state index in [9.17, 15) is 14.4 Å². The van der Waals surface area contributed by atoms with Crippen LogP contribution in [0.2, 0.25) is 0 Å². The van der Waals surface area contributed by atoms with E-state index in [1.54, 1.807) is 4.57 Å². The van der Waals surface area contributed by atoms with E-state index in [4.69, 9.17) is 9.72 Å². The first-order valence-electron chi connectivity index (χ1n) is 9.55. The highest BCUT2D eigenvalue weighted by molar-refractivity contribution is 7.99. The van der Waals surface area contributed by atoms with E-state index >= 15 is 0 Å². The lowest BCUT2D eigenvalue weighted by molar-refractivity contribution is -0.140. The molecular weight excluding hydrogens is 414 g/mol. The van der Waals surface area contributed by atoms with Crippen LogP contribution in [0.4, 0.5) is 0 Å². The number of nitrogens with zero attached hydrogens (tertiary/aromatic N) is 2. The molecule has 8 nitrogen and oxygen atoms in total. The lowest BCUT2D eigenvalue weighted by Gasteiger charge is -2.16. The third-order valence-corrected chi connectivity index (χ3v) is 6.85. The van der Waals surface area contributed by atoms with Gasteiger partial charge in [0, 0.05) is 11.5 Å². The van der Waals surface area contributed by atoms with Crippen LogP contribution in [0.1, 0.15) is 30.2 Å². The largest absolute Gasteiger partial charge is 0.468 e. The average Bonchev–Trinajstić information content (AvgIpc) is 3.33. The predicted octanol–water partition coefficient (Wildman–Crippen LogP) is 1.89. The molecule has 1 amide bonds. The van der Waals surface area contributed by atoms with Crippen molar-refractivity contribution in [3.63, 3.8) is 0 Å². The number of nitrogens with one attached hydrogen (secondary N) is 1. The predicted molar refractivity (Wildman–Crippen MR) is 113 cm³/mol. The van der Waals surface area contributed by atoms with Crippen LogP contribution in [0.15, 0.2) is 9.95 Å². The van der Waals surface area contributed by atoms with E-state index in [1.165, 1.54) is 30.2 Å². The van der Waals surface area contributed by atoms with Crippen LogP contribution in [0.25, 0.3) is 10.2 Å². The maximum atomic E-state index is 13.3. The molecule has 0 radical (unpaired) electrons. The van der Waals surface area contributed by atoms with Crippen LogP contribution >= 0.6 is 23.1 Å². The van der Waals surface area contributed by atoms with Gasteiger partial charge in [-0.1, -0.05) is 18.7 Å². The highest BCUT2D eigenvalue weighted by atomic mass is 32.2. The first-order valence-corrected chi connectivity index (χ1v) is 11.4. The Hall–Kier alpha value is -1.91. The van der Waals surface area contributed by atoms with Crippen molar-refractivity contribution in [3.05, 3.63) is 20.8 Å². The second-order valence-corrected chi connectivity index (χ2v) is 8.90. The van der Waals surface area contributed by atoms with Gasteiger partial charge in [0.15, 0.2) is 5.16 Å². The Kier molecular flexibility index (Phi) is 7.31. The highest BCUT2D eigenvalue weighted by Gasteiger charge is 2.23. The number of esters is 1. The van der Waals surface area contributed by atoms with Crippen LogP contribution in [0.5, 0.6) is 0 Å². The summed E-state index contributed by atoms with van der Waals surface area (Å²) in [6, 6.07) is 0. The molecule has 0 bridgehead atoms. The molecular formula is C19H25N3O5S2. The molecule has 0 spiro atoms. The van der Waals surface area contributed by atoms with Crippen LogP contribution in [-0.2, 0) is 32.0 Å². The summed E-state index contributed by atoms with van der Waals surface area (Å²) in [5, 5.41) is 3.67. The Morgan fingerprint density at radius 1 is 1.45 bits per heavy atom. The van der Waals surface area contributed by atoms with Crippen molar-refractivity contribution < 1.29 is 19.1 Å². The van der Waals surface area contributed by atoms with Crippen molar-refractivity contribution in [2.75, 3.05) is 26.0 Å². The number of aryl methyl sites for hydroxylation is 2. The number of amides is 1. The monoisotopic (exact) mass is 439 g/mol. The lowest BCUT2D eigenvalue weighted by atomic mass is 10.1. The minimum absolute atomic E-state index is 0.0238. The van der Waals surface area contributed by atoms with E-state index in [0.29, 0.717) is 28.5 Å². The normalized spacial score (nSPS) is 16.3. The maximum Gasteiger partial charge on any atom is 0.325 e. The first kappa shape index (κ1) is 21.8. The third kappa shape index (κ3) is 4.99. The average molecular weight is 440 g/mol. The summed E-state index contributed by atoms with van der Waals surface area (Å²) in [6.45, 7) is 4.97. The second-order valence-electron chi connectivity index (χ2n) is 6.76. The number of methoxy groups -OCH3 is 1. The quantitative estimate of drug-likeness (QED) is 0.381. The van der Waals surface area contributed by atoms with Crippen molar-refractivity contribution in [1.29, 1.82) is 0 Å². The van der Waals surface area contributed by atoms with Crippen LogP contribution in [-0.4, -0.2) is 53.5 Å². The van der Waals surface area contributed by atoms with Gasteiger partial charge >= 0.3 is 5.97 Å². The minimum Gasteiger partial charge on any atom is -0.468 e. The van der Waals surface area contributed by atoms with E-state index in [-0.39, 0.29) is 29.9 Å². The molecule has 0 saturated carbocycles. The van der Waals surface area contributed by atoms with Crippen molar-refractivity contribution in [2.24, 2.45) is 0 Å². The second kappa shape index (κ2) is 9.73. The zero-order valence-electron chi connectivity index (χ0n) is 16.8. The Morgan fingerprint density at radius 2 is 2.24 bits per heavy atom. The number of rotatable bonds is 8. The lowest BCUT2D eigenvalue weighted by Crippen LogP contribution is -2.32. The molecule has 29 heavy (non-hydrogen) atoms. The molecule has 0 unspecified atom stereocenters. The number of fused-ring (bicyclic) bond motifs is 1. The van der Waals surface area contributed by atoms with Crippen molar-refractivity contribution >= 4 is 45.2 Å². The van der Waals surface area contributed by atoms with E-state index in [1.807, 2.05) is 13.8 Å². The number of carbonyl (C=O) groups excluding carboxylic acids is 2. The molecule has 1 aliphatic heterocycles. The van der Waals surface area contributed by atoms with Gasteiger partial charge < -0.3 is 14.8 Å². The Morgan fingerprint density at radius 3 is 2.90 bits per heavy atom. The summed E-state index contributed by atoms with van der Waals surface area (Å²) >= 11 is 2.69. The molecule has 1 fully saturated rings. The summed E-state index contributed by atoms with van der Waals surface area (Å²) in [4.78, 5) is 43.1. The fourth-order valence-corrected chi connectivity index (χ4v) is 5.34. The number of aromatic nitrogens is 2. The Balaban J connectivity index is 1.88. The van der Waals surface area contributed by atoms with Gasteiger partial charge in [0.25, 0.3) is 5.56 Å². The molecule has 10 heteroatoms. The standard InChI is InChI=1S/C19H25N3O5S2/c1-4-13-11(2)29-17-16(13)18(25)22(9-12-6-5-7-27-12)19(21-17)28-10-14(23)20-8-15(24)26-3/h12H,4-10H2,1-3H3,(H,20,23)/t12-/m1/s1. The molecule has 1 N–H and O–H groups in total. The Bertz CT molecular complexity index is 963. The molecule has 0 aliphatic carbocycles. The smallest absolute Gasteiger partial charge is 0.325 e. The summed E-state index contributed by atoms with van der Waals surface area (Å²) in [5.74, 6) is -0.791. The molecule has 3 rings (SSSR count). The molecule has 158 valence electrons. The third-order valence-electron chi connectivity index (χ3n) is 4.83. The molecule has 1 atom stereocenters. The SMILES string of the molecule is CCc1c(C)sc2nc(SCC(=O)NCC(=O)OC)n(C[C@H]3CCCO3)c(=O)c12. The first-order chi connectivity index (χ1) is 13.9. The molecule has 0 aromatic carbocycles. The molecule has 3 heterocycles. The molecule has 1 aliphatic rings. The van der Waals surface area contributed by atoms with Gasteiger partial charge in [0.2, 0.25) is 5.91 Å². The number of ether oxygens (including phenoxy) is 2. The van der Waals surface area contributed by atoms with Gasteiger partial charge in [-0.05, 0) is 31.7 Å².